The number of anilines is 1. The molecule has 0 radical (unpaired) electrons. The zero-order valence-electron chi connectivity index (χ0n) is 11.5. The fourth-order valence-corrected chi connectivity index (χ4v) is 1.47. The van der Waals surface area contributed by atoms with Crippen molar-refractivity contribution in [1.82, 2.24) is 15.3 Å². The monoisotopic (exact) mass is 281 g/mol. The van der Waals surface area contributed by atoms with Gasteiger partial charge in [-0.1, -0.05) is 0 Å². The van der Waals surface area contributed by atoms with Crippen LogP contribution < -0.4 is 16.4 Å². The molecule has 20 heavy (non-hydrogen) atoms. The summed E-state index contributed by atoms with van der Waals surface area (Å²) in [5.74, 6) is -1.28. The lowest BCUT2D eigenvalue weighted by atomic mass is 10.2. The van der Waals surface area contributed by atoms with E-state index in [1.807, 2.05) is 13.8 Å². The van der Waals surface area contributed by atoms with Gasteiger partial charge in [-0.15, -0.1) is 0 Å². The molecule has 0 saturated carbocycles. The zero-order chi connectivity index (χ0) is 15.1. The minimum Gasteiger partial charge on any atom is -0.480 e. The van der Waals surface area contributed by atoms with Crippen LogP contribution in [0.5, 0.6) is 0 Å². The number of nitrogens with zero attached hydrogens (tertiary/aromatic N) is 2. The van der Waals surface area contributed by atoms with Gasteiger partial charge in [0.2, 0.25) is 11.9 Å². The Bertz CT molecular complexity index is 461. The van der Waals surface area contributed by atoms with Crippen molar-refractivity contribution in [2.45, 2.75) is 38.9 Å². The predicted octanol–water partition coefficient (Wildman–Crippen LogP) is -0.285. The van der Waals surface area contributed by atoms with Gasteiger partial charge in [0.25, 0.3) is 0 Å². The number of carboxylic acids is 1. The summed E-state index contributed by atoms with van der Waals surface area (Å²) in [4.78, 5) is 29.9. The summed E-state index contributed by atoms with van der Waals surface area (Å²) in [6, 6.07) is -0.785. The van der Waals surface area contributed by atoms with Gasteiger partial charge in [-0.25, -0.2) is 9.97 Å². The summed E-state index contributed by atoms with van der Waals surface area (Å²) in [6.07, 6.45) is 2.92. The highest BCUT2D eigenvalue weighted by atomic mass is 16.4. The van der Waals surface area contributed by atoms with Crippen LogP contribution in [0.4, 0.5) is 5.95 Å². The lowest BCUT2D eigenvalue weighted by Gasteiger charge is -2.13. The highest BCUT2D eigenvalue weighted by Gasteiger charge is 2.19. The summed E-state index contributed by atoms with van der Waals surface area (Å²) in [5.41, 5.74) is 5.71. The van der Waals surface area contributed by atoms with Gasteiger partial charge in [0, 0.05) is 30.5 Å². The standard InChI is InChI=1S/C12H19N5O3/c1-7(2)17-12-15-5-8(6-16-12)4-14-9(11(19)20)3-10(13)18/h5-7,9,14H,3-4H2,1-2H3,(H2,13,18)(H,19,20)(H,15,16,17). The number of nitrogens with two attached hydrogens (primary N) is 1. The first kappa shape index (κ1) is 15.8. The van der Waals surface area contributed by atoms with Crippen LogP contribution >= 0.6 is 0 Å². The fourth-order valence-electron chi connectivity index (χ4n) is 1.47. The van der Waals surface area contributed by atoms with Gasteiger partial charge in [-0.2, -0.15) is 0 Å². The molecule has 1 rings (SSSR count). The highest BCUT2D eigenvalue weighted by Crippen LogP contribution is 2.03. The Balaban J connectivity index is 2.55. The van der Waals surface area contributed by atoms with Gasteiger partial charge in [0.1, 0.15) is 6.04 Å². The number of hydrogen-bond acceptors (Lipinski definition) is 6. The Morgan fingerprint density at radius 1 is 1.35 bits per heavy atom. The van der Waals surface area contributed by atoms with Crippen LogP contribution in [-0.4, -0.2) is 39.0 Å². The number of hydrogen-bond donors (Lipinski definition) is 4. The molecule has 0 aromatic carbocycles. The predicted molar refractivity (Wildman–Crippen MR) is 72.9 cm³/mol. The number of aliphatic carboxylic acids is 1. The average molecular weight is 281 g/mol. The molecule has 0 aliphatic heterocycles. The summed E-state index contributed by atoms with van der Waals surface area (Å²) >= 11 is 0. The van der Waals surface area contributed by atoms with Gasteiger partial charge in [-0.3, -0.25) is 14.9 Å². The first-order valence-electron chi connectivity index (χ1n) is 6.20. The SMILES string of the molecule is CC(C)Nc1ncc(CNC(CC(N)=O)C(=O)O)cn1. The van der Waals surface area contributed by atoms with Crippen molar-refractivity contribution in [3.63, 3.8) is 0 Å². The maximum atomic E-state index is 10.9. The Kier molecular flexibility index (Phi) is 5.85. The third kappa shape index (κ3) is 5.61. The van der Waals surface area contributed by atoms with Crippen molar-refractivity contribution in [2.24, 2.45) is 5.73 Å². The van der Waals surface area contributed by atoms with Crippen molar-refractivity contribution in [3.05, 3.63) is 18.0 Å². The van der Waals surface area contributed by atoms with Crippen LogP contribution in [-0.2, 0) is 16.1 Å². The molecule has 0 bridgehead atoms. The van der Waals surface area contributed by atoms with Crippen LogP contribution in [0.3, 0.4) is 0 Å². The smallest absolute Gasteiger partial charge is 0.321 e. The quantitative estimate of drug-likeness (QED) is 0.515. The molecule has 1 heterocycles. The number of primary amides is 1. The van der Waals surface area contributed by atoms with E-state index in [1.165, 1.54) is 0 Å². The Labute approximate surface area is 116 Å². The van der Waals surface area contributed by atoms with Crippen LogP contribution in [0, 0.1) is 0 Å². The van der Waals surface area contributed by atoms with Gasteiger partial charge in [0.15, 0.2) is 0 Å². The first-order chi connectivity index (χ1) is 9.38. The number of amides is 1. The summed E-state index contributed by atoms with van der Waals surface area (Å²) in [5, 5.41) is 14.7. The summed E-state index contributed by atoms with van der Waals surface area (Å²) in [6.45, 7) is 4.19. The zero-order valence-corrected chi connectivity index (χ0v) is 11.5. The molecule has 1 amide bonds. The topological polar surface area (TPSA) is 130 Å². The third-order valence-corrected chi connectivity index (χ3v) is 2.38. The minimum atomic E-state index is -1.12. The number of carbonyl (C=O) groups excluding carboxylic acids is 1. The molecule has 0 aliphatic rings. The van der Waals surface area contributed by atoms with E-state index in [9.17, 15) is 9.59 Å². The van der Waals surface area contributed by atoms with E-state index in [0.29, 0.717) is 5.95 Å². The molecule has 1 aromatic rings. The van der Waals surface area contributed by atoms with E-state index >= 15 is 0 Å². The Morgan fingerprint density at radius 3 is 2.40 bits per heavy atom. The number of carboxylic acid groups (broad SMARTS) is 1. The lowest BCUT2D eigenvalue weighted by Crippen LogP contribution is -2.39. The van der Waals surface area contributed by atoms with E-state index in [1.54, 1.807) is 12.4 Å². The number of carbonyl (C=O) groups is 2. The summed E-state index contributed by atoms with van der Waals surface area (Å²) in [7, 11) is 0. The van der Waals surface area contributed by atoms with E-state index in [2.05, 4.69) is 20.6 Å². The van der Waals surface area contributed by atoms with Crippen molar-refractivity contribution in [1.29, 1.82) is 0 Å². The maximum absolute atomic E-state index is 10.9. The molecular formula is C12H19N5O3. The number of rotatable bonds is 8. The minimum absolute atomic E-state index is 0.228. The number of aromatic nitrogens is 2. The third-order valence-electron chi connectivity index (χ3n) is 2.38. The second-order valence-corrected chi connectivity index (χ2v) is 4.66. The number of nitrogens with one attached hydrogen (secondary N) is 2. The molecular weight excluding hydrogens is 262 g/mol. The van der Waals surface area contributed by atoms with Crippen LogP contribution in [0.25, 0.3) is 0 Å². The molecule has 8 nitrogen and oxygen atoms in total. The van der Waals surface area contributed by atoms with Gasteiger partial charge >= 0.3 is 5.97 Å². The van der Waals surface area contributed by atoms with Crippen LogP contribution in [0.15, 0.2) is 12.4 Å². The summed E-state index contributed by atoms with van der Waals surface area (Å²) < 4.78 is 0. The van der Waals surface area contributed by atoms with Gasteiger partial charge in [-0.05, 0) is 13.8 Å². The second kappa shape index (κ2) is 7.39. The molecule has 5 N–H and O–H groups in total. The largest absolute Gasteiger partial charge is 0.480 e. The molecule has 0 fully saturated rings. The molecule has 1 unspecified atom stereocenters. The molecule has 8 heteroatoms. The van der Waals surface area contributed by atoms with Crippen LogP contribution in [0.2, 0.25) is 0 Å². The molecule has 0 spiro atoms. The Hall–Kier alpha value is -2.22. The highest BCUT2D eigenvalue weighted by molar-refractivity contribution is 5.83. The van der Waals surface area contributed by atoms with E-state index in [4.69, 9.17) is 10.8 Å². The van der Waals surface area contributed by atoms with E-state index in [0.717, 1.165) is 5.56 Å². The average Bonchev–Trinajstić information content (AvgIpc) is 2.34. The van der Waals surface area contributed by atoms with Gasteiger partial charge in [0.05, 0.1) is 6.42 Å². The fraction of sp³-hybridized carbons (Fsp3) is 0.500. The van der Waals surface area contributed by atoms with Gasteiger partial charge < -0.3 is 16.2 Å². The van der Waals surface area contributed by atoms with Crippen LogP contribution in [0.1, 0.15) is 25.8 Å². The molecule has 0 saturated heterocycles. The van der Waals surface area contributed by atoms with Crippen molar-refractivity contribution in [3.8, 4) is 0 Å². The maximum Gasteiger partial charge on any atom is 0.321 e. The molecule has 110 valence electrons. The van der Waals surface area contributed by atoms with E-state index < -0.39 is 17.9 Å². The first-order valence-corrected chi connectivity index (χ1v) is 6.20. The van der Waals surface area contributed by atoms with E-state index in [-0.39, 0.29) is 19.0 Å². The normalized spacial score (nSPS) is 12.2. The van der Waals surface area contributed by atoms with Crippen molar-refractivity contribution < 1.29 is 14.7 Å². The van der Waals surface area contributed by atoms with Crippen molar-refractivity contribution >= 4 is 17.8 Å². The lowest BCUT2D eigenvalue weighted by molar-refractivity contribution is -0.141. The Morgan fingerprint density at radius 2 is 1.95 bits per heavy atom. The second-order valence-electron chi connectivity index (χ2n) is 4.66. The van der Waals surface area contributed by atoms with Crippen molar-refractivity contribution in [2.75, 3.05) is 5.32 Å². The molecule has 1 aromatic heterocycles. The molecule has 1 atom stereocenters. The molecule has 0 aliphatic carbocycles.